The third-order valence-electron chi connectivity index (χ3n) is 2.62. The summed E-state index contributed by atoms with van der Waals surface area (Å²) in [5, 5.41) is 12.2. The number of carboxylic acid groups (broad SMARTS) is 1. The lowest BCUT2D eigenvalue weighted by Gasteiger charge is -2.15. The number of nitrogens with one attached hydrogen (secondary N) is 1. The van der Waals surface area contributed by atoms with E-state index in [4.69, 9.17) is 15.3 Å². The van der Waals surface area contributed by atoms with Gasteiger partial charge in [0.1, 0.15) is 5.76 Å². The summed E-state index contributed by atoms with van der Waals surface area (Å²) in [4.78, 5) is 11.1. The molecule has 1 unspecified atom stereocenters. The Morgan fingerprint density at radius 2 is 2.22 bits per heavy atom. The summed E-state index contributed by atoms with van der Waals surface area (Å²) in [5.74, 6) is -0.266. The molecule has 0 radical (unpaired) electrons. The number of furan rings is 1. The minimum atomic E-state index is -0.996. The van der Waals surface area contributed by atoms with Crippen LogP contribution in [0, 0.1) is 0 Å². The Bertz CT molecular complexity index is 549. The highest BCUT2D eigenvalue weighted by Crippen LogP contribution is 2.24. The molecule has 0 aliphatic rings. The van der Waals surface area contributed by atoms with Gasteiger partial charge in [-0.2, -0.15) is 0 Å². The molecule has 5 heteroatoms. The molecule has 0 aliphatic heterocycles. The third-order valence-corrected chi connectivity index (χ3v) is 2.62. The maximum absolute atomic E-state index is 11.1. The molecule has 0 bridgehead atoms. The zero-order valence-corrected chi connectivity index (χ0v) is 9.88. The second-order valence-electron chi connectivity index (χ2n) is 3.99. The molecule has 0 spiro atoms. The van der Waals surface area contributed by atoms with Gasteiger partial charge in [0.15, 0.2) is 0 Å². The van der Waals surface area contributed by atoms with Crippen molar-refractivity contribution in [1.29, 1.82) is 0 Å². The Kier molecular flexibility index (Phi) is 3.23. The molecule has 0 aliphatic carbocycles. The van der Waals surface area contributed by atoms with Crippen molar-refractivity contribution in [2.24, 2.45) is 0 Å². The number of nitrogens with two attached hydrogens (primary N) is 1. The van der Waals surface area contributed by atoms with Crippen molar-refractivity contribution in [3.63, 3.8) is 0 Å². The Morgan fingerprint density at radius 3 is 2.83 bits per heavy atom. The number of hydrogen-bond donors (Lipinski definition) is 3. The van der Waals surface area contributed by atoms with Crippen molar-refractivity contribution in [3.05, 3.63) is 47.9 Å². The molecule has 2 rings (SSSR count). The second kappa shape index (κ2) is 4.83. The van der Waals surface area contributed by atoms with Gasteiger partial charge >= 0.3 is 5.97 Å². The number of rotatable bonds is 4. The number of carbonyl (C=O) groups is 1. The highest BCUT2D eigenvalue weighted by Gasteiger charge is 2.14. The van der Waals surface area contributed by atoms with Crippen LogP contribution in [0.3, 0.4) is 0 Å². The zero-order chi connectivity index (χ0) is 13.1. The van der Waals surface area contributed by atoms with Gasteiger partial charge in [-0.15, -0.1) is 0 Å². The standard InChI is InChI=1S/C13H14N2O3/c1-8(12-3-2-6-18-12)15-11-7-9(14)4-5-10(11)13(16)17/h2-8,15H,14H2,1H3,(H,16,17). The summed E-state index contributed by atoms with van der Waals surface area (Å²) in [7, 11) is 0. The fourth-order valence-electron chi connectivity index (χ4n) is 1.71. The summed E-state index contributed by atoms with van der Waals surface area (Å²) in [6, 6.07) is 8.11. The van der Waals surface area contributed by atoms with Crippen LogP contribution in [-0.4, -0.2) is 11.1 Å². The van der Waals surface area contributed by atoms with Gasteiger partial charge in [-0.3, -0.25) is 0 Å². The fourth-order valence-corrected chi connectivity index (χ4v) is 1.71. The molecule has 2 aromatic rings. The van der Waals surface area contributed by atoms with Gasteiger partial charge < -0.3 is 20.6 Å². The van der Waals surface area contributed by atoms with E-state index in [9.17, 15) is 4.79 Å². The Morgan fingerprint density at radius 1 is 1.44 bits per heavy atom. The molecule has 1 heterocycles. The molecular formula is C13H14N2O3. The summed E-state index contributed by atoms with van der Waals surface area (Å²) >= 11 is 0. The van der Waals surface area contributed by atoms with Gasteiger partial charge in [0.25, 0.3) is 0 Å². The zero-order valence-electron chi connectivity index (χ0n) is 9.88. The van der Waals surface area contributed by atoms with Crippen molar-refractivity contribution in [2.45, 2.75) is 13.0 Å². The summed E-state index contributed by atoms with van der Waals surface area (Å²) in [6.07, 6.45) is 1.57. The number of hydrogen-bond acceptors (Lipinski definition) is 4. The van der Waals surface area contributed by atoms with Gasteiger partial charge in [-0.25, -0.2) is 4.79 Å². The predicted molar refractivity (Wildman–Crippen MR) is 68.6 cm³/mol. The maximum atomic E-state index is 11.1. The lowest BCUT2D eigenvalue weighted by molar-refractivity contribution is 0.0698. The van der Waals surface area contributed by atoms with Crippen LogP contribution in [0.5, 0.6) is 0 Å². The van der Waals surface area contributed by atoms with E-state index in [1.165, 1.54) is 6.07 Å². The predicted octanol–water partition coefficient (Wildman–Crippen LogP) is 2.73. The monoisotopic (exact) mass is 246 g/mol. The van der Waals surface area contributed by atoms with Gasteiger partial charge in [0.05, 0.1) is 23.6 Å². The molecule has 5 nitrogen and oxygen atoms in total. The van der Waals surface area contributed by atoms with E-state index < -0.39 is 5.97 Å². The molecule has 1 aromatic carbocycles. The van der Waals surface area contributed by atoms with E-state index in [-0.39, 0.29) is 11.6 Å². The van der Waals surface area contributed by atoms with Crippen LogP contribution in [0.1, 0.15) is 29.1 Å². The van der Waals surface area contributed by atoms with E-state index >= 15 is 0 Å². The first-order valence-electron chi connectivity index (χ1n) is 5.50. The smallest absolute Gasteiger partial charge is 0.337 e. The first kappa shape index (κ1) is 12.0. The topological polar surface area (TPSA) is 88.5 Å². The Hall–Kier alpha value is -2.43. The van der Waals surface area contributed by atoms with Crippen LogP contribution in [0.15, 0.2) is 41.0 Å². The van der Waals surface area contributed by atoms with E-state index in [0.717, 1.165) is 5.76 Å². The first-order chi connectivity index (χ1) is 8.58. The lowest BCUT2D eigenvalue weighted by atomic mass is 10.1. The second-order valence-corrected chi connectivity index (χ2v) is 3.99. The molecule has 4 N–H and O–H groups in total. The number of anilines is 2. The van der Waals surface area contributed by atoms with Crippen molar-refractivity contribution in [3.8, 4) is 0 Å². The van der Waals surface area contributed by atoms with Gasteiger partial charge in [-0.05, 0) is 37.3 Å². The van der Waals surface area contributed by atoms with Crippen molar-refractivity contribution >= 4 is 17.3 Å². The summed E-state index contributed by atoms with van der Waals surface area (Å²) in [6.45, 7) is 1.88. The largest absolute Gasteiger partial charge is 0.478 e. The van der Waals surface area contributed by atoms with E-state index in [0.29, 0.717) is 11.4 Å². The minimum absolute atomic E-state index is 0.139. The van der Waals surface area contributed by atoms with Crippen molar-refractivity contribution in [2.75, 3.05) is 11.1 Å². The average molecular weight is 246 g/mol. The van der Waals surface area contributed by atoms with Crippen molar-refractivity contribution in [1.82, 2.24) is 0 Å². The highest BCUT2D eigenvalue weighted by atomic mass is 16.4. The fraction of sp³-hybridized carbons (Fsp3) is 0.154. The number of aromatic carboxylic acids is 1. The third kappa shape index (κ3) is 2.45. The van der Waals surface area contributed by atoms with Crippen LogP contribution in [0.25, 0.3) is 0 Å². The minimum Gasteiger partial charge on any atom is -0.478 e. The number of carboxylic acids is 1. The lowest BCUT2D eigenvalue weighted by Crippen LogP contribution is -2.10. The summed E-state index contributed by atoms with van der Waals surface area (Å²) < 4.78 is 5.26. The molecule has 0 amide bonds. The van der Waals surface area contributed by atoms with Gasteiger partial charge in [-0.1, -0.05) is 0 Å². The summed E-state index contributed by atoms with van der Waals surface area (Å²) in [5.41, 5.74) is 6.84. The number of benzene rings is 1. The molecule has 0 fully saturated rings. The number of nitrogen functional groups attached to an aromatic ring is 1. The highest BCUT2D eigenvalue weighted by molar-refractivity contribution is 5.95. The molecular weight excluding hydrogens is 232 g/mol. The SMILES string of the molecule is CC(Nc1cc(N)ccc1C(=O)O)c1ccco1. The van der Waals surface area contributed by atoms with Crippen LogP contribution >= 0.6 is 0 Å². The molecule has 1 atom stereocenters. The Labute approximate surface area is 104 Å². The average Bonchev–Trinajstić information content (AvgIpc) is 2.81. The van der Waals surface area contributed by atoms with Crippen LogP contribution < -0.4 is 11.1 Å². The first-order valence-corrected chi connectivity index (χ1v) is 5.50. The molecule has 0 saturated carbocycles. The molecule has 1 aromatic heterocycles. The quantitative estimate of drug-likeness (QED) is 0.722. The van der Waals surface area contributed by atoms with E-state index in [1.807, 2.05) is 13.0 Å². The van der Waals surface area contributed by atoms with Crippen LogP contribution in [0.4, 0.5) is 11.4 Å². The molecule has 0 saturated heterocycles. The van der Waals surface area contributed by atoms with Crippen LogP contribution in [-0.2, 0) is 0 Å². The van der Waals surface area contributed by atoms with Crippen molar-refractivity contribution < 1.29 is 14.3 Å². The van der Waals surface area contributed by atoms with Crippen LogP contribution in [0.2, 0.25) is 0 Å². The van der Waals surface area contributed by atoms with Gasteiger partial charge in [0, 0.05) is 5.69 Å². The molecule has 18 heavy (non-hydrogen) atoms. The Balaban J connectivity index is 2.28. The van der Waals surface area contributed by atoms with E-state index in [2.05, 4.69) is 5.32 Å². The molecule has 94 valence electrons. The maximum Gasteiger partial charge on any atom is 0.337 e. The normalized spacial score (nSPS) is 12.1. The van der Waals surface area contributed by atoms with E-state index in [1.54, 1.807) is 24.5 Å². The van der Waals surface area contributed by atoms with Gasteiger partial charge in [0.2, 0.25) is 0 Å².